The molecule has 0 unspecified atom stereocenters. The van der Waals surface area contributed by atoms with Crippen molar-refractivity contribution in [1.29, 1.82) is 0 Å². The molecule has 4 nitrogen and oxygen atoms in total. The molecular weight excluding hydrogens is 188 g/mol. The first-order chi connectivity index (χ1) is 7.14. The van der Waals surface area contributed by atoms with Crippen LogP contribution in [0.4, 0.5) is 5.82 Å². The Morgan fingerprint density at radius 2 is 2.27 bits per heavy atom. The monoisotopic (exact) mass is 206 g/mol. The van der Waals surface area contributed by atoms with Crippen molar-refractivity contribution >= 4 is 5.82 Å². The van der Waals surface area contributed by atoms with Gasteiger partial charge >= 0.3 is 0 Å². The number of nitrogens with zero attached hydrogens (tertiary/aromatic N) is 2. The first-order valence-corrected chi connectivity index (χ1v) is 5.43. The van der Waals surface area contributed by atoms with Gasteiger partial charge in [-0.1, -0.05) is 0 Å². The molecule has 0 amide bonds. The third-order valence-electron chi connectivity index (χ3n) is 2.97. The van der Waals surface area contributed by atoms with Gasteiger partial charge in [0, 0.05) is 18.8 Å². The van der Waals surface area contributed by atoms with Crippen molar-refractivity contribution in [2.24, 2.45) is 0 Å². The molecule has 1 saturated heterocycles. The van der Waals surface area contributed by atoms with Gasteiger partial charge in [0.05, 0.1) is 5.54 Å². The highest BCUT2D eigenvalue weighted by molar-refractivity contribution is 5.35. The molecule has 1 atom stereocenters. The van der Waals surface area contributed by atoms with Crippen molar-refractivity contribution in [3.8, 4) is 0 Å². The first-order valence-electron chi connectivity index (χ1n) is 5.43. The van der Waals surface area contributed by atoms with Crippen LogP contribution in [0.3, 0.4) is 0 Å². The lowest BCUT2D eigenvalue weighted by atomic mass is 9.99. The zero-order valence-corrected chi connectivity index (χ0v) is 9.59. The van der Waals surface area contributed by atoms with Crippen molar-refractivity contribution in [2.75, 3.05) is 18.9 Å². The van der Waals surface area contributed by atoms with Crippen molar-refractivity contribution in [3.05, 3.63) is 17.6 Å². The lowest BCUT2D eigenvalue weighted by Crippen LogP contribution is -2.35. The molecule has 1 aliphatic heterocycles. The highest BCUT2D eigenvalue weighted by Crippen LogP contribution is 2.28. The number of rotatable bonds is 2. The van der Waals surface area contributed by atoms with Crippen LogP contribution in [0.15, 0.2) is 6.07 Å². The van der Waals surface area contributed by atoms with Crippen molar-refractivity contribution in [1.82, 2.24) is 15.3 Å². The molecule has 1 aliphatic rings. The second-order valence-corrected chi connectivity index (χ2v) is 4.33. The van der Waals surface area contributed by atoms with Gasteiger partial charge in [0.15, 0.2) is 5.82 Å². The quantitative estimate of drug-likeness (QED) is 0.768. The molecule has 2 N–H and O–H groups in total. The Morgan fingerprint density at radius 1 is 1.47 bits per heavy atom. The van der Waals surface area contributed by atoms with Crippen LogP contribution in [-0.2, 0) is 5.54 Å². The number of anilines is 1. The average Bonchev–Trinajstić information content (AvgIpc) is 2.65. The van der Waals surface area contributed by atoms with E-state index in [-0.39, 0.29) is 5.54 Å². The Labute approximate surface area is 90.5 Å². The van der Waals surface area contributed by atoms with E-state index in [9.17, 15) is 0 Å². The SMILES string of the molecule is CNc1cc(C)nc([C@]2(C)CCCN2)n1. The van der Waals surface area contributed by atoms with E-state index in [1.165, 1.54) is 6.42 Å². The van der Waals surface area contributed by atoms with Crippen molar-refractivity contribution < 1.29 is 0 Å². The Morgan fingerprint density at radius 3 is 2.87 bits per heavy atom. The minimum Gasteiger partial charge on any atom is -0.373 e. The smallest absolute Gasteiger partial charge is 0.150 e. The van der Waals surface area contributed by atoms with Gasteiger partial charge in [0.2, 0.25) is 0 Å². The lowest BCUT2D eigenvalue weighted by Gasteiger charge is -2.23. The minimum absolute atomic E-state index is 0.0440. The second kappa shape index (κ2) is 3.77. The first kappa shape index (κ1) is 10.4. The number of aryl methyl sites for hydroxylation is 1. The van der Waals surface area contributed by atoms with E-state index in [1.54, 1.807) is 0 Å². The summed E-state index contributed by atoms with van der Waals surface area (Å²) in [5, 5.41) is 6.55. The highest BCUT2D eigenvalue weighted by atomic mass is 15.1. The molecule has 1 fully saturated rings. The van der Waals surface area contributed by atoms with Crippen molar-refractivity contribution in [3.63, 3.8) is 0 Å². The maximum atomic E-state index is 4.52. The molecule has 0 bridgehead atoms. The normalized spacial score (nSPS) is 25.5. The highest BCUT2D eigenvalue weighted by Gasteiger charge is 2.33. The van der Waals surface area contributed by atoms with E-state index in [4.69, 9.17) is 0 Å². The summed E-state index contributed by atoms with van der Waals surface area (Å²) in [5.41, 5.74) is 0.969. The molecule has 1 aromatic rings. The average molecular weight is 206 g/mol. The van der Waals surface area contributed by atoms with Crippen LogP contribution in [-0.4, -0.2) is 23.6 Å². The number of nitrogens with one attached hydrogen (secondary N) is 2. The topological polar surface area (TPSA) is 49.8 Å². The molecule has 0 spiro atoms. The van der Waals surface area contributed by atoms with Crippen LogP contribution in [0, 0.1) is 6.92 Å². The summed E-state index contributed by atoms with van der Waals surface area (Å²) < 4.78 is 0. The Hall–Kier alpha value is -1.16. The fourth-order valence-electron chi connectivity index (χ4n) is 2.03. The fraction of sp³-hybridized carbons (Fsp3) is 0.636. The largest absolute Gasteiger partial charge is 0.373 e. The summed E-state index contributed by atoms with van der Waals surface area (Å²) in [4.78, 5) is 9.04. The van der Waals surface area contributed by atoms with Gasteiger partial charge in [-0.15, -0.1) is 0 Å². The van der Waals surface area contributed by atoms with Gasteiger partial charge in [0.25, 0.3) is 0 Å². The zero-order chi connectivity index (χ0) is 10.9. The third-order valence-corrected chi connectivity index (χ3v) is 2.97. The third kappa shape index (κ3) is 1.95. The molecule has 4 heteroatoms. The molecule has 82 valence electrons. The van der Waals surface area contributed by atoms with Crippen LogP contribution < -0.4 is 10.6 Å². The predicted octanol–water partition coefficient (Wildman–Crippen LogP) is 1.43. The number of hydrogen-bond acceptors (Lipinski definition) is 4. The van der Waals surface area contributed by atoms with E-state index in [0.717, 1.165) is 30.3 Å². The molecule has 0 radical (unpaired) electrons. The number of hydrogen-bond donors (Lipinski definition) is 2. The summed E-state index contributed by atoms with van der Waals surface area (Å²) in [5.74, 6) is 1.80. The summed E-state index contributed by atoms with van der Waals surface area (Å²) >= 11 is 0. The number of aromatic nitrogens is 2. The van der Waals surface area contributed by atoms with Crippen LogP contribution in [0.5, 0.6) is 0 Å². The molecule has 15 heavy (non-hydrogen) atoms. The van der Waals surface area contributed by atoms with Gasteiger partial charge in [-0.25, -0.2) is 9.97 Å². The van der Waals surface area contributed by atoms with Gasteiger partial charge in [-0.05, 0) is 33.2 Å². The molecule has 1 aromatic heterocycles. The van der Waals surface area contributed by atoms with Crippen LogP contribution in [0.1, 0.15) is 31.3 Å². The van der Waals surface area contributed by atoms with E-state index in [0.29, 0.717) is 0 Å². The second-order valence-electron chi connectivity index (χ2n) is 4.33. The molecule has 0 aromatic carbocycles. The van der Waals surface area contributed by atoms with Gasteiger partial charge in [0.1, 0.15) is 5.82 Å². The van der Waals surface area contributed by atoms with Gasteiger partial charge in [-0.3, -0.25) is 0 Å². The van der Waals surface area contributed by atoms with Crippen LogP contribution >= 0.6 is 0 Å². The van der Waals surface area contributed by atoms with Crippen LogP contribution in [0.2, 0.25) is 0 Å². The standard InChI is InChI=1S/C11H18N4/c1-8-7-9(12-3)15-10(14-8)11(2)5-4-6-13-11/h7,13H,4-6H2,1-3H3,(H,12,14,15)/t11-/m0/s1. The van der Waals surface area contributed by atoms with Crippen LogP contribution in [0.25, 0.3) is 0 Å². The fourth-order valence-corrected chi connectivity index (χ4v) is 2.03. The zero-order valence-electron chi connectivity index (χ0n) is 9.59. The summed E-state index contributed by atoms with van der Waals surface area (Å²) in [6, 6.07) is 1.96. The van der Waals surface area contributed by atoms with E-state index in [2.05, 4.69) is 27.5 Å². The summed E-state index contributed by atoms with van der Waals surface area (Å²) in [6.45, 7) is 5.24. The molecule has 2 rings (SSSR count). The predicted molar refractivity (Wildman–Crippen MR) is 60.9 cm³/mol. The molecule has 0 saturated carbocycles. The summed E-state index contributed by atoms with van der Waals surface area (Å²) in [7, 11) is 1.88. The molecule has 0 aliphatic carbocycles. The van der Waals surface area contributed by atoms with Gasteiger partial charge < -0.3 is 10.6 Å². The van der Waals surface area contributed by atoms with E-state index in [1.807, 2.05) is 20.0 Å². The minimum atomic E-state index is -0.0440. The van der Waals surface area contributed by atoms with Crippen molar-refractivity contribution in [2.45, 2.75) is 32.2 Å². The van der Waals surface area contributed by atoms with Gasteiger partial charge in [-0.2, -0.15) is 0 Å². The van der Waals surface area contributed by atoms with E-state index < -0.39 is 0 Å². The Bertz CT molecular complexity index is 356. The Kier molecular flexibility index (Phi) is 2.61. The Balaban J connectivity index is 2.38. The summed E-state index contributed by atoms with van der Waals surface area (Å²) in [6.07, 6.45) is 2.31. The lowest BCUT2D eigenvalue weighted by molar-refractivity contribution is 0.406. The molecule has 2 heterocycles. The maximum absolute atomic E-state index is 4.52. The molecular formula is C11H18N4. The van der Waals surface area contributed by atoms with E-state index >= 15 is 0 Å². The maximum Gasteiger partial charge on any atom is 0.150 e.